The molecule has 0 aromatic heterocycles. The third-order valence-corrected chi connectivity index (χ3v) is 9.34. The molecule has 0 bridgehead atoms. The molecule has 11 N–H and O–H groups in total. The highest BCUT2D eigenvalue weighted by atomic mass is 16.4. The van der Waals surface area contributed by atoms with E-state index >= 15 is 0 Å². The van der Waals surface area contributed by atoms with Gasteiger partial charge in [-0.05, 0) is 51.0 Å². The summed E-state index contributed by atoms with van der Waals surface area (Å²) in [5.74, 6) is -8.92. The van der Waals surface area contributed by atoms with E-state index in [1.807, 2.05) is 6.07 Å². The number of carboxylic acid groups (broad SMARTS) is 2. The van der Waals surface area contributed by atoms with E-state index in [1.54, 1.807) is 38.1 Å². The maximum Gasteiger partial charge on any atom is 0.322 e. The Morgan fingerprint density at radius 3 is 1.95 bits per heavy atom. The van der Waals surface area contributed by atoms with Crippen molar-refractivity contribution in [3.63, 3.8) is 0 Å². The molecule has 1 aliphatic heterocycles. The van der Waals surface area contributed by atoms with Crippen LogP contribution < -0.4 is 43.0 Å². The molecule has 0 aliphatic carbocycles. The van der Waals surface area contributed by atoms with E-state index in [0.717, 1.165) is 5.56 Å². The first-order valence-corrected chi connectivity index (χ1v) is 18.9. The van der Waals surface area contributed by atoms with Gasteiger partial charge in [-0.25, -0.2) is 0 Å². The highest BCUT2D eigenvalue weighted by Gasteiger charge is 2.40. The summed E-state index contributed by atoms with van der Waals surface area (Å²) in [6.07, 6.45) is 0.378. The lowest BCUT2D eigenvalue weighted by molar-refractivity contribution is -0.144. The van der Waals surface area contributed by atoms with Gasteiger partial charge < -0.3 is 58.1 Å². The molecule has 0 unspecified atom stereocenters. The number of rotatable bonds is 23. The fraction of sp³-hybridized carbons (Fsp3) is 0.568. The van der Waals surface area contributed by atoms with E-state index < -0.39 is 127 Å². The van der Waals surface area contributed by atoms with Gasteiger partial charge in [0.1, 0.15) is 36.8 Å². The van der Waals surface area contributed by atoms with Crippen LogP contribution in [0.1, 0.15) is 65.4 Å². The molecular formula is C37H55N9O12. The second-order valence-electron chi connectivity index (χ2n) is 14.0. The van der Waals surface area contributed by atoms with E-state index in [-0.39, 0.29) is 25.8 Å². The van der Waals surface area contributed by atoms with Crippen LogP contribution >= 0.6 is 0 Å². The number of nitrogens with two attached hydrogens (primary N) is 1. The van der Waals surface area contributed by atoms with Crippen LogP contribution in [0.5, 0.6) is 0 Å². The second-order valence-corrected chi connectivity index (χ2v) is 14.0. The quantitative estimate of drug-likeness (QED) is 0.0523. The van der Waals surface area contributed by atoms with Crippen LogP contribution in [0, 0.1) is 5.92 Å². The Balaban J connectivity index is 1.98. The topological polar surface area (TPSA) is 325 Å². The van der Waals surface area contributed by atoms with Gasteiger partial charge >= 0.3 is 11.9 Å². The number of carboxylic acids is 2. The molecule has 2 rings (SSSR count). The van der Waals surface area contributed by atoms with E-state index in [4.69, 9.17) is 10.8 Å². The third kappa shape index (κ3) is 16.2. The van der Waals surface area contributed by atoms with Gasteiger partial charge in [0.2, 0.25) is 47.3 Å². The molecule has 1 saturated heterocycles. The number of aliphatic carboxylic acids is 2. The van der Waals surface area contributed by atoms with Gasteiger partial charge in [-0.1, -0.05) is 50.6 Å². The minimum atomic E-state index is -1.46. The molecule has 1 aromatic carbocycles. The smallest absolute Gasteiger partial charge is 0.322 e. The summed E-state index contributed by atoms with van der Waals surface area (Å²) in [4.78, 5) is 126. The largest absolute Gasteiger partial charge is 0.481 e. The van der Waals surface area contributed by atoms with Crippen molar-refractivity contribution in [2.75, 3.05) is 26.2 Å². The van der Waals surface area contributed by atoms with Gasteiger partial charge in [-0.3, -0.25) is 47.9 Å². The number of carbonyl (C=O) groups is 10. The van der Waals surface area contributed by atoms with Crippen LogP contribution in [0.15, 0.2) is 30.3 Å². The number of benzene rings is 1. The minimum absolute atomic E-state index is 0.148. The number of hydrogen-bond acceptors (Lipinski definition) is 11. The number of likely N-dealkylation sites (tertiary alicyclic amines) is 1. The van der Waals surface area contributed by atoms with Gasteiger partial charge in [0.05, 0.1) is 19.1 Å². The lowest BCUT2D eigenvalue weighted by Gasteiger charge is -2.32. The first kappa shape index (κ1) is 48.0. The van der Waals surface area contributed by atoms with E-state index in [2.05, 4.69) is 37.2 Å². The Hall–Kier alpha value is -6.12. The summed E-state index contributed by atoms with van der Waals surface area (Å²) < 4.78 is 0. The molecule has 21 nitrogen and oxygen atoms in total. The summed E-state index contributed by atoms with van der Waals surface area (Å²) in [5.41, 5.74) is 6.78. The third-order valence-electron chi connectivity index (χ3n) is 9.34. The molecular weight excluding hydrogens is 762 g/mol. The van der Waals surface area contributed by atoms with Crippen LogP contribution in [-0.4, -0.2) is 137 Å². The Kier molecular flexibility index (Phi) is 19.7. The van der Waals surface area contributed by atoms with Crippen molar-refractivity contribution in [3.8, 4) is 0 Å². The normalized spacial score (nSPS) is 16.5. The summed E-state index contributed by atoms with van der Waals surface area (Å²) in [6.45, 7) is 4.44. The molecule has 0 radical (unpaired) electrons. The average molecular weight is 818 g/mol. The van der Waals surface area contributed by atoms with Gasteiger partial charge in [0, 0.05) is 13.0 Å². The van der Waals surface area contributed by atoms with Crippen LogP contribution in [0.25, 0.3) is 0 Å². The van der Waals surface area contributed by atoms with Crippen molar-refractivity contribution in [2.45, 2.75) is 102 Å². The monoisotopic (exact) mass is 817 g/mol. The lowest BCUT2D eigenvalue weighted by Crippen LogP contribution is -2.59. The van der Waals surface area contributed by atoms with Gasteiger partial charge in [0.25, 0.3) is 0 Å². The zero-order valence-corrected chi connectivity index (χ0v) is 33.0. The predicted molar refractivity (Wildman–Crippen MR) is 205 cm³/mol. The molecule has 0 spiro atoms. The Morgan fingerprint density at radius 1 is 0.741 bits per heavy atom. The molecule has 58 heavy (non-hydrogen) atoms. The molecule has 8 amide bonds. The number of amides is 8. The fourth-order valence-corrected chi connectivity index (χ4v) is 5.80. The van der Waals surface area contributed by atoms with Crippen molar-refractivity contribution in [1.82, 2.24) is 42.1 Å². The Bertz CT molecular complexity index is 1660. The first-order valence-electron chi connectivity index (χ1n) is 18.9. The Labute approximate surface area is 335 Å². The van der Waals surface area contributed by atoms with E-state index in [9.17, 15) is 53.1 Å². The highest BCUT2D eigenvalue weighted by molar-refractivity contribution is 5.97. The van der Waals surface area contributed by atoms with Gasteiger partial charge in [-0.2, -0.15) is 0 Å². The van der Waals surface area contributed by atoms with Crippen molar-refractivity contribution in [2.24, 2.45) is 11.7 Å². The standard InChI is InChI=1S/C37H55N9O12/c1-5-20(2)31(37(58)46-15-9-12-26(46)36(57)43-22(4)33(54)41-19-30(51)52)45-35(56)25(13-14-29(49)50)44-28(48)18-39-27(47)17-40-32(53)21(3)42-34(55)24(38)16-23-10-7-6-8-11-23/h6-8,10-11,20-22,24-26,31H,5,9,12-19,38H2,1-4H3,(H,39,47)(H,40,53)(H,41,54)(H,42,55)(H,43,57)(H,44,48)(H,45,56)(H,49,50)(H,51,52)/t20-,21-,22-,24-,25-,26-,31-/m0/s1. The maximum absolute atomic E-state index is 13.9. The van der Waals surface area contributed by atoms with E-state index in [1.165, 1.54) is 18.7 Å². The van der Waals surface area contributed by atoms with Crippen LogP contribution in [0.2, 0.25) is 0 Å². The fourth-order valence-electron chi connectivity index (χ4n) is 5.80. The first-order chi connectivity index (χ1) is 27.3. The van der Waals surface area contributed by atoms with Crippen molar-refractivity contribution >= 4 is 59.2 Å². The van der Waals surface area contributed by atoms with Crippen molar-refractivity contribution in [1.29, 1.82) is 0 Å². The van der Waals surface area contributed by atoms with Gasteiger partial charge in [-0.15, -0.1) is 0 Å². The summed E-state index contributed by atoms with van der Waals surface area (Å²) >= 11 is 0. The molecule has 7 atom stereocenters. The molecule has 0 saturated carbocycles. The van der Waals surface area contributed by atoms with Crippen molar-refractivity contribution in [3.05, 3.63) is 35.9 Å². The predicted octanol–water partition coefficient (Wildman–Crippen LogP) is -3.13. The summed E-state index contributed by atoms with van der Waals surface area (Å²) in [5, 5.41) is 34.8. The molecule has 1 fully saturated rings. The zero-order chi connectivity index (χ0) is 43.5. The van der Waals surface area contributed by atoms with Crippen LogP contribution in [0.3, 0.4) is 0 Å². The van der Waals surface area contributed by atoms with Crippen LogP contribution in [-0.2, 0) is 54.4 Å². The molecule has 1 aromatic rings. The van der Waals surface area contributed by atoms with Crippen LogP contribution in [0.4, 0.5) is 0 Å². The zero-order valence-electron chi connectivity index (χ0n) is 33.0. The number of hydrogen-bond donors (Lipinski definition) is 10. The number of carbonyl (C=O) groups excluding carboxylic acids is 8. The summed E-state index contributed by atoms with van der Waals surface area (Å²) in [6, 6.07) is 2.27. The second kappa shape index (κ2) is 23.8. The molecule has 21 heteroatoms. The Morgan fingerprint density at radius 2 is 1.34 bits per heavy atom. The lowest BCUT2D eigenvalue weighted by atomic mass is 9.96. The summed E-state index contributed by atoms with van der Waals surface area (Å²) in [7, 11) is 0. The maximum atomic E-state index is 13.9. The van der Waals surface area contributed by atoms with Crippen molar-refractivity contribution < 1.29 is 58.2 Å². The molecule has 1 aliphatic rings. The average Bonchev–Trinajstić information content (AvgIpc) is 3.68. The molecule has 1 heterocycles. The number of nitrogens with zero attached hydrogens (tertiary/aromatic N) is 1. The number of nitrogens with one attached hydrogen (secondary N) is 7. The minimum Gasteiger partial charge on any atom is -0.481 e. The van der Waals surface area contributed by atoms with E-state index in [0.29, 0.717) is 12.8 Å². The van der Waals surface area contributed by atoms with Gasteiger partial charge in [0.15, 0.2) is 0 Å². The highest BCUT2D eigenvalue weighted by Crippen LogP contribution is 2.22. The SMILES string of the molecule is CC[C@H](C)[C@H](NC(=O)[C@H](CCC(=O)O)NC(=O)CNC(=O)CNC(=O)[C@H](C)NC(=O)[C@@H](N)Cc1ccccc1)C(=O)N1CCC[C@H]1C(=O)N[C@@H](C)C(=O)NCC(=O)O. The molecule has 320 valence electrons.